The molecule has 0 aromatic carbocycles. The Hall–Kier alpha value is -1.35. The molecule has 12 heavy (non-hydrogen) atoms. The monoisotopic (exact) mass is 179 g/mol. The lowest BCUT2D eigenvalue weighted by molar-refractivity contribution is 1.30. The van der Waals surface area contributed by atoms with Gasteiger partial charge in [-0.05, 0) is 12.1 Å². The van der Waals surface area contributed by atoms with Crippen molar-refractivity contribution >= 4 is 11.6 Å². The molecule has 0 aliphatic rings. The molecule has 0 aliphatic heterocycles. The molecular weight excluding hydrogens is 174 g/mol. The zero-order valence-corrected chi connectivity index (χ0v) is 6.92. The van der Waals surface area contributed by atoms with Crippen LogP contribution >= 0.6 is 11.6 Å². The van der Waals surface area contributed by atoms with E-state index in [1.165, 1.54) is 0 Å². The molecule has 0 amide bonds. The van der Waals surface area contributed by atoms with Crippen LogP contribution in [0.2, 0.25) is 5.15 Å². The van der Waals surface area contributed by atoms with Crippen molar-refractivity contribution in [3.63, 3.8) is 0 Å². The fourth-order valence-electron chi connectivity index (χ4n) is 0.984. The van der Waals surface area contributed by atoms with E-state index in [0.717, 1.165) is 11.3 Å². The van der Waals surface area contributed by atoms with Crippen molar-refractivity contribution in [1.82, 2.24) is 15.0 Å². The highest BCUT2D eigenvalue weighted by Gasteiger charge is 1.98. The van der Waals surface area contributed by atoms with Gasteiger partial charge in [0, 0.05) is 11.8 Å². The van der Waals surface area contributed by atoms with E-state index in [9.17, 15) is 0 Å². The lowest BCUT2D eigenvalue weighted by Crippen LogP contribution is -1.78. The molecular formula is C8H6ClN3. The molecule has 60 valence electrons. The summed E-state index contributed by atoms with van der Waals surface area (Å²) < 4.78 is 0. The van der Waals surface area contributed by atoms with E-state index in [-0.39, 0.29) is 0 Å². The van der Waals surface area contributed by atoms with Gasteiger partial charge in [0.15, 0.2) is 0 Å². The molecule has 2 heterocycles. The van der Waals surface area contributed by atoms with Gasteiger partial charge in [0.2, 0.25) is 0 Å². The predicted octanol–water partition coefficient (Wildman–Crippen LogP) is 2.13. The lowest BCUT2D eigenvalue weighted by Gasteiger charge is -1.95. The number of hydrogen-bond acceptors (Lipinski definition) is 2. The SMILES string of the molecule is Clc1cc(-c2cnc[nH]2)ccn1. The number of aromatic amines is 1. The number of pyridine rings is 1. The van der Waals surface area contributed by atoms with Gasteiger partial charge >= 0.3 is 0 Å². The summed E-state index contributed by atoms with van der Waals surface area (Å²) in [5.41, 5.74) is 1.94. The van der Waals surface area contributed by atoms with Gasteiger partial charge in [-0.1, -0.05) is 11.6 Å². The van der Waals surface area contributed by atoms with Gasteiger partial charge in [0.1, 0.15) is 5.15 Å². The van der Waals surface area contributed by atoms with Crippen LogP contribution in [0.15, 0.2) is 30.9 Å². The molecule has 0 unspecified atom stereocenters. The maximum atomic E-state index is 5.72. The number of imidazole rings is 1. The summed E-state index contributed by atoms with van der Waals surface area (Å²) in [4.78, 5) is 10.8. The minimum atomic E-state index is 0.488. The topological polar surface area (TPSA) is 41.6 Å². The highest BCUT2D eigenvalue weighted by molar-refractivity contribution is 6.29. The van der Waals surface area contributed by atoms with Crippen molar-refractivity contribution in [2.24, 2.45) is 0 Å². The molecule has 0 spiro atoms. The van der Waals surface area contributed by atoms with E-state index in [1.807, 2.05) is 6.07 Å². The van der Waals surface area contributed by atoms with Crippen LogP contribution in [0.4, 0.5) is 0 Å². The van der Waals surface area contributed by atoms with Crippen LogP contribution in [-0.2, 0) is 0 Å². The quantitative estimate of drug-likeness (QED) is 0.682. The highest BCUT2D eigenvalue weighted by atomic mass is 35.5. The molecule has 0 saturated carbocycles. The van der Waals surface area contributed by atoms with Crippen LogP contribution < -0.4 is 0 Å². The maximum Gasteiger partial charge on any atom is 0.129 e. The molecule has 0 radical (unpaired) electrons. The van der Waals surface area contributed by atoms with Crippen molar-refractivity contribution in [3.05, 3.63) is 36.0 Å². The summed E-state index contributed by atoms with van der Waals surface area (Å²) in [6, 6.07) is 3.66. The van der Waals surface area contributed by atoms with Crippen molar-refractivity contribution < 1.29 is 0 Å². The molecule has 4 heteroatoms. The normalized spacial score (nSPS) is 10.1. The second-order valence-corrected chi connectivity index (χ2v) is 2.72. The molecule has 0 saturated heterocycles. The number of hydrogen-bond donors (Lipinski definition) is 1. The first-order valence-corrected chi connectivity index (χ1v) is 3.84. The summed E-state index contributed by atoms with van der Waals surface area (Å²) >= 11 is 5.72. The van der Waals surface area contributed by atoms with Crippen molar-refractivity contribution in [3.8, 4) is 11.3 Å². The van der Waals surface area contributed by atoms with Gasteiger partial charge in [0.05, 0.1) is 18.2 Å². The third-order valence-corrected chi connectivity index (χ3v) is 1.74. The summed E-state index contributed by atoms with van der Waals surface area (Å²) in [5.74, 6) is 0. The molecule has 0 aliphatic carbocycles. The van der Waals surface area contributed by atoms with E-state index >= 15 is 0 Å². The summed E-state index contributed by atoms with van der Waals surface area (Å²) in [6.45, 7) is 0. The fourth-order valence-corrected chi connectivity index (χ4v) is 1.16. The van der Waals surface area contributed by atoms with Gasteiger partial charge in [0.25, 0.3) is 0 Å². The molecule has 0 bridgehead atoms. The Labute approximate surface area is 74.4 Å². The van der Waals surface area contributed by atoms with Gasteiger partial charge in [-0.2, -0.15) is 0 Å². The van der Waals surface area contributed by atoms with Crippen molar-refractivity contribution in [2.75, 3.05) is 0 Å². The number of rotatable bonds is 1. The standard InChI is InChI=1S/C8H6ClN3/c9-8-3-6(1-2-11-8)7-4-10-5-12-7/h1-5H,(H,10,12). The maximum absolute atomic E-state index is 5.72. The second kappa shape index (κ2) is 2.95. The van der Waals surface area contributed by atoms with Gasteiger partial charge in [-0.15, -0.1) is 0 Å². The van der Waals surface area contributed by atoms with E-state index in [1.54, 1.807) is 24.8 Å². The Balaban J connectivity index is 2.48. The minimum absolute atomic E-state index is 0.488. The number of aromatic nitrogens is 3. The van der Waals surface area contributed by atoms with E-state index in [0.29, 0.717) is 5.15 Å². The largest absolute Gasteiger partial charge is 0.345 e. The molecule has 3 nitrogen and oxygen atoms in total. The van der Waals surface area contributed by atoms with Gasteiger partial charge < -0.3 is 4.98 Å². The van der Waals surface area contributed by atoms with Crippen LogP contribution in [-0.4, -0.2) is 15.0 Å². The zero-order chi connectivity index (χ0) is 8.39. The van der Waals surface area contributed by atoms with E-state index < -0.39 is 0 Å². The van der Waals surface area contributed by atoms with Crippen LogP contribution in [0.1, 0.15) is 0 Å². The fraction of sp³-hybridized carbons (Fsp3) is 0. The Morgan fingerprint density at radius 3 is 3.00 bits per heavy atom. The van der Waals surface area contributed by atoms with Crippen LogP contribution in [0.5, 0.6) is 0 Å². The van der Waals surface area contributed by atoms with Crippen molar-refractivity contribution in [2.45, 2.75) is 0 Å². The van der Waals surface area contributed by atoms with E-state index in [4.69, 9.17) is 11.6 Å². The Morgan fingerprint density at radius 2 is 2.33 bits per heavy atom. The smallest absolute Gasteiger partial charge is 0.129 e. The lowest BCUT2D eigenvalue weighted by atomic mass is 10.2. The number of H-pyrrole nitrogens is 1. The number of halogens is 1. The van der Waals surface area contributed by atoms with Crippen LogP contribution in [0, 0.1) is 0 Å². The third-order valence-electron chi connectivity index (χ3n) is 1.54. The van der Waals surface area contributed by atoms with Crippen molar-refractivity contribution in [1.29, 1.82) is 0 Å². The Morgan fingerprint density at radius 1 is 1.42 bits per heavy atom. The summed E-state index contributed by atoms with van der Waals surface area (Å²) in [7, 11) is 0. The first-order chi connectivity index (χ1) is 5.86. The third kappa shape index (κ3) is 1.31. The van der Waals surface area contributed by atoms with Gasteiger partial charge in [-0.25, -0.2) is 9.97 Å². The average molecular weight is 180 g/mol. The first-order valence-electron chi connectivity index (χ1n) is 3.46. The number of nitrogens with one attached hydrogen (secondary N) is 1. The second-order valence-electron chi connectivity index (χ2n) is 2.33. The molecule has 2 aromatic heterocycles. The Kier molecular flexibility index (Phi) is 1.80. The molecule has 0 atom stereocenters. The molecule has 2 rings (SSSR count). The van der Waals surface area contributed by atoms with Crippen LogP contribution in [0.25, 0.3) is 11.3 Å². The molecule has 0 fully saturated rings. The van der Waals surface area contributed by atoms with Gasteiger partial charge in [-0.3, -0.25) is 0 Å². The van der Waals surface area contributed by atoms with Crippen LogP contribution in [0.3, 0.4) is 0 Å². The first kappa shape index (κ1) is 7.31. The zero-order valence-electron chi connectivity index (χ0n) is 6.16. The summed E-state index contributed by atoms with van der Waals surface area (Å²) in [6.07, 6.45) is 5.04. The minimum Gasteiger partial charge on any atom is -0.345 e. The molecule has 1 N–H and O–H groups in total. The number of nitrogens with zero attached hydrogens (tertiary/aromatic N) is 2. The summed E-state index contributed by atoms with van der Waals surface area (Å²) in [5, 5.41) is 0.488. The average Bonchev–Trinajstić information content (AvgIpc) is 2.56. The Bertz CT molecular complexity index is 370. The highest BCUT2D eigenvalue weighted by Crippen LogP contribution is 2.17. The molecule has 2 aromatic rings. The predicted molar refractivity (Wildman–Crippen MR) is 46.8 cm³/mol. The van der Waals surface area contributed by atoms with E-state index in [2.05, 4.69) is 15.0 Å².